The maximum atomic E-state index is 12.8. The summed E-state index contributed by atoms with van der Waals surface area (Å²) in [5.41, 5.74) is 1.41. The van der Waals surface area contributed by atoms with Crippen LogP contribution in [0.4, 0.5) is 5.82 Å². The molecule has 3 rings (SSSR count). The molecule has 0 radical (unpaired) electrons. The van der Waals surface area contributed by atoms with Crippen LogP contribution in [0.15, 0.2) is 36.4 Å². The fraction of sp³-hybridized carbons (Fsp3) is 0.450. The summed E-state index contributed by atoms with van der Waals surface area (Å²) in [6, 6.07) is 11.6. The second-order valence-corrected chi connectivity index (χ2v) is 6.46. The quantitative estimate of drug-likeness (QED) is 0.776. The average molecular weight is 338 g/mol. The Kier molecular flexibility index (Phi) is 5.99. The van der Waals surface area contributed by atoms with Gasteiger partial charge in [0.2, 0.25) is 0 Å². The summed E-state index contributed by atoms with van der Waals surface area (Å²) in [7, 11) is 0. The summed E-state index contributed by atoms with van der Waals surface area (Å²) in [6.45, 7) is 4.69. The molecule has 0 unspecified atom stereocenters. The Morgan fingerprint density at radius 2 is 1.88 bits per heavy atom. The van der Waals surface area contributed by atoms with Crippen LogP contribution in [0, 0.1) is 0 Å². The number of rotatable bonds is 7. The third-order valence-electron chi connectivity index (χ3n) is 4.46. The number of anilines is 1. The Balaban J connectivity index is 1.86. The molecule has 5 heteroatoms. The molecule has 0 saturated carbocycles. The zero-order valence-corrected chi connectivity index (χ0v) is 14.9. The van der Waals surface area contributed by atoms with Crippen LogP contribution in [0.1, 0.15) is 49.5 Å². The molecule has 25 heavy (non-hydrogen) atoms. The summed E-state index contributed by atoms with van der Waals surface area (Å²) >= 11 is 0. The molecule has 1 aliphatic rings. The molecular formula is C20H26N4O. The van der Waals surface area contributed by atoms with Crippen molar-refractivity contribution < 1.29 is 4.79 Å². The number of likely N-dealkylation sites (tertiary alicyclic amines) is 1. The number of carbonyl (C=O) groups excluding carboxylic acids is 1. The van der Waals surface area contributed by atoms with Crippen molar-refractivity contribution >= 4 is 11.7 Å². The van der Waals surface area contributed by atoms with Gasteiger partial charge in [-0.3, -0.25) is 4.79 Å². The molecule has 5 nitrogen and oxygen atoms in total. The lowest BCUT2D eigenvalue weighted by Gasteiger charge is -2.16. The molecule has 2 aromatic rings. The number of aromatic nitrogens is 2. The Morgan fingerprint density at radius 3 is 2.60 bits per heavy atom. The first-order valence-corrected chi connectivity index (χ1v) is 9.25. The van der Waals surface area contributed by atoms with Gasteiger partial charge in [-0.2, -0.15) is 0 Å². The van der Waals surface area contributed by atoms with Crippen molar-refractivity contribution in [3.05, 3.63) is 42.1 Å². The zero-order chi connectivity index (χ0) is 17.5. The van der Waals surface area contributed by atoms with Gasteiger partial charge in [0.15, 0.2) is 5.82 Å². The van der Waals surface area contributed by atoms with Crippen LogP contribution in [0.25, 0.3) is 11.4 Å². The van der Waals surface area contributed by atoms with Gasteiger partial charge in [-0.05, 0) is 19.3 Å². The van der Waals surface area contributed by atoms with Gasteiger partial charge in [-0.1, -0.05) is 50.1 Å². The van der Waals surface area contributed by atoms with E-state index in [2.05, 4.69) is 22.2 Å². The fourth-order valence-electron chi connectivity index (χ4n) is 3.04. The molecular weight excluding hydrogens is 312 g/mol. The van der Waals surface area contributed by atoms with E-state index in [1.165, 1.54) is 12.8 Å². The molecule has 2 heterocycles. The van der Waals surface area contributed by atoms with Crippen molar-refractivity contribution in [2.45, 2.75) is 39.0 Å². The molecule has 0 spiro atoms. The van der Waals surface area contributed by atoms with E-state index < -0.39 is 0 Å². The highest BCUT2D eigenvalue weighted by molar-refractivity contribution is 5.93. The predicted octanol–water partition coefficient (Wildman–Crippen LogP) is 3.98. The lowest BCUT2D eigenvalue weighted by molar-refractivity contribution is 0.0787. The minimum Gasteiger partial charge on any atom is -0.370 e. The number of carbonyl (C=O) groups is 1. The average Bonchev–Trinajstić information content (AvgIpc) is 3.20. The normalized spacial score (nSPS) is 13.9. The van der Waals surface area contributed by atoms with E-state index in [-0.39, 0.29) is 5.91 Å². The van der Waals surface area contributed by atoms with Crippen molar-refractivity contribution in [1.29, 1.82) is 0 Å². The highest BCUT2D eigenvalue weighted by Crippen LogP contribution is 2.20. The number of nitrogens with one attached hydrogen (secondary N) is 1. The first kappa shape index (κ1) is 17.4. The van der Waals surface area contributed by atoms with Crippen molar-refractivity contribution in [3.8, 4) is 11.4 Å². The number of hydrogen-bond donors (Lipinski definition) is 1. The number of amides is 1. The molecule has 0 aliphatic carbocycles. The number of hydrogen-bond acceptors (Lipinski definition) is 4. The number of nitrogens with zero attached hydrogens (tertiary/aromatic N) is 3. The van der Waals surface area contributed by atoms with E-state index in [1.54, 1.807) is 6.07 Å². The van der Waals surface area contributed by atoms with E-state index in [4.69, 9.17) is 0 Å². The second kappa shape index (κ2) is 8.60. The SMILES string of the molecule is CCCCCNc1cc(C(=O)N2CCCC2)nc(-c2ccccc2)n1. The van der Waals surface area contributed by atoms with E-state index in [0.29, 0.717) is 11.5 Å². The number of unbranched alkanes of at least 4 members (excludes halogenated alkanes) is 2. The van der Waals surface area contributed by atoms with Crippen molar-refractivity contribution in [2.75, 3.05) is 25.0 Å². The fourth-order valence-corrected chi connectivity index (χ4v) is 3.04. The Labute approximate surface area is 149 Å². The maximum absolute atomic E-state index is 12.8. The Bertz CT molecular complexity index is 696. The van der Waals surface area contributed by atoms with E-state index in [9.17, 15) is 4.79 Å². The van der Waals surface area contributed by atoms with Gasteiger partial charge in [0, 0.05) is 31.3 Å². The molecule has 132 valence electrons. The molecule has 1 fully saturated rings. The van der Waals surface area contributed by atoms with Crippen LogP contribution < -0.4 is 5.32 Å². The van der Waals surface area contributed by atoms with Crippen LogP contribution >= 0.6 is 0 Å². The van der Waals surface area contributed by atoms with Gasteiger partial charge in [0.1, 0.15) is 11.5 Å². The molecule has 1 aromatic carbocycles. The van der Waals surface area contributed by atoms with Crippen molar-refractivity contribution in [2.24, 2.45) is 0 Å². The van der Waals surface area contributed by atoms with Crippen LogP contribution in [0.5, 0.6) is 0 Å². The molecule has 1 saturated heterocycles. The van der Waals surface area contributed by atoms with Gasteiger partial charge >= 0.3 is 0 Å². The molecule has 1 aromatic heterocycles. The lowest BCUT2D eigenvalue weighted by Crippen LogP contribution is -2.28. The van der Waals surface area contributed by atoms with Gasteiger partial charge in [-0.25, -0.2) is 9.97 Å². The molecule has 1 amide bonds. The third kappa shape index (κ3) is 4.56. The third-order valence-corrected chi connectivity index (χ3v) is 4.46. The van der Waals surface area contributed by atoms with Crippen LogP contribution in [-0.4, -0.2) is 40.4 Å². The summed E-state index contributed by atoms with van der Waals surface area (Å²) in [5.74, 6) is 1.34. The van der Waals surface area contributed by atoms with Crippen LogP contribution in [0.3, 0.4) is 0 Å². The maximum Gasteiger partial charge on any atom is 0.272 e. The molecule has 1 N–H and O–H groups in total. The zero-order valence-electron chi connectivity index (χ0n) is 14.9. The first-order chi connectivity index (χ1) is 12.3. The van der Waals surface area contributed by atoms with Gasteiger partial charge in [0.05, 0.1) is 0 Å². The summed E-state index contributed by atoms with van der Waals surface area (Å²) in [5, 5.41) is 3.35. The van der Waals surface area contributed by atoms with E-state index >= 15 is 0 Å². The van der Waals surface area contributed by atoms with Gasteiger partial charge < -0.3 is 10.2 Å². The highest BCUT2D eigenvalue weighted by atomic mass is 16.2. The standard InChI is InChI=1S/C20H26N4O/c1-2-3-7-12-21-18-15-17(20(25)24-13-8-9-14-24)22-19(23-18)16-10-5-4-6-11-16/h4-6,10-11,15H,2-3,7-9,12-14H2,1H3,(H,21,22,23). The van der Waals surface area contributed by atoms with Crippen molar-refractivity contribution in [3.63, 3.8) is 0 Å². The highest BCUT2D eigenvalue weighted by Gasteiger charge is 2.22. The van der Waals surface area contributed by atoms with E-state index in [1.807, 2.05) is 35.2 Å². The predicted molar refractivity (Wildman–Crippen MR) is 101 cm³/mol. The van der Waals surface area contributed by atoms with Gasteiger partial charge in [-0.15, -0.1) is 0 Å². The van der Waals surface area contributed by atoms with Gasteiger partial charge in [0.25, 0.3) is 5.91 Å². The first-order valence-electron chi connectivity index (χ1n) is 9.25. The smallest absolute Gasteiger partial charge is 0.272 e. The Hall–Kier alpha value is -2.43. The van der Waals surface area contributed by atoms with Crippen molar-refractivity contribution in [1.82, 2.24) is 14.9 Å². The van der Waals surface area contributed by atoms with E-state index in [0.717, 1.165) is 50.3 Å². The second-order valence-electron chi connectivity index (χ2n) is 6.46. The molecule has 0 atom stereocenters. The lowest BCUT2D eigenvalue weighted by atomic mass is 10.2. The summed E-state index contributed by atoms with van der Waals surface area (Å²) < 4.78 is 0. The topological polar surface area (TPSA) is 58.1 Å². The molecule has 0 bridgehead atoms. The minimum absolute atomic E-state index is 0.00805. The molecule has 1 aliphatic heterocycles. The minimum atomic E-state index is 0.00805. The summed E-state index contributed by atoms with van der Waals surface area (Å²) in [4.78, 5) is 23.8. The largest absolute Gasteiger partial charge is 0.370 e. The number of benzene rings is 1. The Morgan fingerprint density at radius 1 is 1.12 bits per heavy atom. The van der Waals surface area contributed by atoms with Crippen LogP contribution in [0.2, 0.25) is 0 Å². The monoisotopic (exact) mass is 338 g/mol. The summed E-state index contributed by atoms with van der Waals surface area (Å²) in [6.07, 6.45) is 5.61. The van der Waals surface area contributed by atoms with Crippen LogP contribution in [-0.2, 0) is 0 Å².